The first-order valence-corrected chi connectivity index (χ1v) is 6.22. The summed E-state index contributed by atoms with van der Waals surface area (Å²) in [4.78, 5) is 2.37. The van der Waals surface area contributed by atoms with Crippen molar-refractivity contribution in [3.05, 3.63) is 0 Å². The normalized spacial score (nSPS) is 18.9. The lowest BCUT2D eigenvalue weighted by Crippen LogP contribution is -2.46. The summed E-state index contributed by atoms with van der Waals surface area (Å²) in [5.41, 5.74) is -0.417. The molecule has 0 aromatic carbocycles. The van der Waals surface area contributed by atoms with E-state index in [1.807, 2.05) is 14.0 Å². The number of nitrogens with zero attached hydrogens (tertiary/aromatic N) is 2. The predicted octanol–water partition coefficient (Wildman–Crippen LogP) is 2.39. The van der Waals surface area contributed by atoms with E-state index in [4.69, 9.17) is 5.26 Å². The minimum atomic E-state index is -0.417. The molecule has 0 aromatic rings. The molecular weight excluding hydrogens is 198 g/mol. The number of nitriles is 1. The van der Waals surface area contributed by atoms with Crippen LogP contribution < -0.4 is 5.32 Å². The largest absolute Gasteiger partial charge is 0.303 e. The number of hydrogen-bond donors (Lipinski definition) is 1. The summed E-state index contributed by atoms with van der Waals surface area (Å²) in [5.74, 6) is 0. The average Bonchev–Trinajstić information content (AvgIpc) is 2.28. The molecule has 0 heterocycles. The molecule has 0 aromatic heterocycles. The van der Waals surface area contributed by atoms with E-state index in [-0.39, 0.29) is 0 Å². The zero-order valence-electron chi connectivity index (χ0n) is 11.7. The molecule has 0 radical (unpaired) electrons. The van der Waals surface area contributed by atoms with Crippen LogP contribution in [-0.4, -0.2) is 36.6 Å². The van der Waals surface area contributed by atoms with E-state index < -0.39 is 5.54 Å². The van der Waals surface area contributed by atoms with Crippen molar-refractivity contribution in [3.8, 4) is 6.07 Å². The van der Waals surface area contributed by atoms with E-state index in [0.717, 1.165) is 6.42 Å². The van der Waals surface area contributed by atoms with Crippen LogP contribution in [0.4, 0.5) is 0 Å². The van der Waals surface area contributed by atoms with E-state index in [0.29, 0.717) is 12.1 Å². The van der Waals surface area contributed by atoms with Crippen LogP contribution in [0.3, 0.4) is 0 Å². The van der Waals surface area contributed by atoms with Crippen LogP contribution in [-0.2, 0) is 0 Å². The van der Waals surface area contributed by atoms with Gasteiger partial charge in [-0.05, 0) is 47.7 Å². The SMILES string of the molecule is CCCC(C)N(C)C(C)CC(C)(C#N)NC. The molecule has 0 bridgehead atoms. The average molecular weight is 225 g/mol. The van der Waals surface area contributed by atoms with Gasteiger partial charge in [0.25, 0.3) is 0 Å². The third-order valence-corrected chi connectivity index (χ3v) is 3.60. The lowest BCUT2D eigenvalue weighted by atomic mass is 9.94. The number of hydrogen-bond acceptors (Lipinski definition) is 3. The second-order valence-corrected chi connectivity index (χ2v) is 5.05. The highest BCUT2D eigenvalue weighted by Crippen LogP contribution is 2.17. The molecule has 1 N–H and O–H groups in total. The molecular formula is C13H27N3. The fraction of sp³-hybridized carbons (Fsp3) is 0.923. The molecule has 16 heavy (non-hydrogen) atoms. The van der Waals surface area contributed by atoms with Crippen molar-refractivity contribution >= 4 is 0 Å². The molecule has 3 unspecified atom stereocenters. The quantitative estimate of drug-likeness (QED) is 0.723. The van der Waals surface area contributed by atoms with Crippen LogP contribution in [0, 0.1) is 11.3 Å². The Morgan fingerprint density at radius 2 is 1.94 bits per heavy atom. The zero-order chi connectivity index (χ0) is 12.8. The van der Waals surface area contributed by atoms with Gasteiger partial charge in [-0.2, -0.15) is 5.26 Å². The second-order valence-electron chi connectivity index (χ2n) is 5.05. The van der Waals surface area contributed by atoms with Gasteiger partial charge in [-0.1, -0.05) is 13.3 Å². The summed E-state index contributed by atoms with van der Waals surface area (Å²) in [7, 11) is 4.00. The monoisotopic (exact) mass is 225 g/mol. The summed E-state index contributed by atoms with van der Waals surface area (Å²) in [5, 5.41) is 12.2. The van der Waals surface area contributed by atoms with Crippen molar-refractivity contribution in [2.75, 3.05) is 14.1 Å². The van der Waals surface area contributed by atoms with Gasteiger partial charge in [-0.3, -0.25) is 0 Å². The standard InChI is InChI=1S/C13H27N3/c1-7-8-11(2)16(6)12(3)9-13(4,10-14)15-5/h11-12,15H,7-9H2,1-6H3. The molecule has 0 saturated heterocycles. The zero-order valence-corrected chi connectivity index (χ0v) is 11.7. The first-order valence-electron chi connectivity index (χ1n) is 6.22. The molecule has 3 nitrogen and oxygen atoms in total. The fourth-order valence-electron chi connectivity index (χ4n) is 1.99. The summed E-state index contributed by atoms with van der Waals surface area (Å²) >= 11 is 0. The summed E-state index contributed by atoms with van der Waals surface area (Å²) in [6, 6.07) is 3.35. The Hall–Kier alpha value is -0.590. The fourth-order valence-corrected chi connectivity index (χ4v) is 1.99. The van der Waals surface area contributed by atoms with E-state index in [1.54, 1.807) is 0 Å². The Morgan fingerprint density at radius 1 is 1.38 bits per heavy atom. The highest BCUT2D eigenvalue weighted by molar-refractivity contribution is 5.04. The third kappa shape index (κ3) is 4.51. The Labute approximate surface area is 101 Å². The molecule has 3 atom stereocenters. The van der Waals surface area contributed by atoms with E-state index in [1.165, 1.54) is 12.8 Å². The maximum atomic E-state index is 9.13. The first kappa shape index (κ1) is 15.4. The van der Waals surface area contributed by atoms with Gasteiger partial charge >= 0.3 is 0 Å². The molecule has 0 rings (SSSR count). The van der Waals surface area contributed by atoms with Crippen LogP contribution in [0.15, 0.2) is 0 Å². The van der Waals surface area contributed by atoms with Gasteiger partial charge in [-0.15, -0.1) is 0 Å². The van der Waals surface area contributed by atoms with Crippen LogP contribution in [0.5, 0.6) is 0 Å². The maximum Gasteiger partial charge on any atom is 0.105 e. The predicted molar refractivity (Wildman–Crippen MR) is 69.3 cm³/mol. The smallest absolute Gasteiger partial charge is 0.105 e. The van der Waals surface area contributed by atoms with E-state index in [2.05, 4.69) is 44.1 Å². The maximum absolute atomic E-state index is 9.13. The number of nitrogens with one attached hydrogen (secondary N) is 1. The van der Waals surface area contributed by atoms with Crippen molar-refractivity contribution in [1.82, 2.24) is 10.2 Å². The molecule has 0 amide bonds. The van der Waals surface area contributed by atoms with Crippen LogP contribution in [0.2, 0.25) is 0 Å². The highest BCUT2D eigenvalue weighted by Gasteiger charge is 2.27. The lowest BCUT2D eigenvalue weighted by Gasteiger charge is -2.34. The molecule has 3 heteroatoms. The van der Waals surface area contributed by atoms with Gasteiger partial charge in [0.1, 0.15) is 5.54 Å². The van der Waals surface area contributed by atoms with E-state index in [9.17, 15) is 0 Å². The Balaban J connectivity index is 4.35. The Morgan fingerprint density at radius 3 is 2.31 bits per heavy atom. The van der Waals surface area contributed by atoms with E-state index >= 15 is 0 Å². The Bertz CT molecular complexity index is 234. The van der Waals surface area contributed by atoms with Crippen LogP contribution in [0.1, 0.15) is 47.0 Å². The number of rotatable bonds is 7. The van der Waals surface area contributed by atoms with Crippen LogP contribution >= 0.6 is 0 Å². The molecule has 0 aliphatic carbocycles. The summed E-state index contributed by atoms with van der Waals surface area (Å²) in [6.45, 7) is 8.62. The van der Waals surface area contributed by atoms with Crippen LogP contribution in [0.25, 0.3) is 0 Å². The van der Waals surface area contributed by atoms with Gasteiger partial charge in [0.2, 0.25) is 0 Å². The second kappa shape index (κ2) is 6.88. The minimum Gasteiger partial charge on any atom is -0.303 e. The highest BCUT2D eigenvalue weighted by atomic mass is 15.2. The van der Waals surface area contributed by atoms with Crippen molar-refractivity contribution in [1.29, 1.82) is 5.26 Å². The van der Waals surface area contributed by atoms with Crippen molar-refractivity contribution in [2.24, 2.45) is 0 Å². The molecule has 94 valence electrons. The van der Waals surface area contributed by atoms with Crippen molar-refractivity contribution in [2.45, 2.75) is 64.6 Å². The summed E-state index contributed by atoms with van der Waals surface area (Å²) < 4.78 is 0. The molecule has 0 aliphatic heterocycles. The molecule has 0 spiro atoms. The van der Waals surface area contributed by atoms with Gasteiger partial charge in [0, 0.05) is 12.1 Å². The minimum absolute atomic E-state index is 0.415. The lowest BCUT2D eigenvalue weighted by molar-refractivity contribution is 0.160. The molecule has 0 saturated carbocycles. The van der Waals surface area contributed by atoms with Gasteiger partial charge in [0.05, 0.1) is 6.07 Å². The first-order chi connectivity index (χ1) is 7.40. The van der Waals surface area contributed by atoms with Gasteiger partial charge in [-0.25, -0.2) is 0 Å². The molecule has 0 aliphatic rings. The van der Waals surface area contributed by atoms with Crippen molar-refractivity contribution < 1.29 is 0 Å². The van der Waals surface area contributed by atoms with Gasteiger partial charge in [0.15, 0.2) is 0 Å². The molecule has 0 fully saturated rings. The summed E-state index contributed by atoms with van der Waals surface area (Å²) in [6.07, 6.45) is 3.27. The third-order valence-electron chi connectivity index (χ3n) is 3.60. The van der Waals surface area contributed by atoms with Crippen molar-refractivity contribution in [3.63, 3.8) is 0 Å². The Kier molecular flexibility index (Phi) is 6.62. The topological polar surface area (TPSA) is 39.1 Å². The van der Waals surface area contributed by atoms with Gasteiger partial charge < -0.3 is 10.2 Å².